The van der Waals surface area contributed by atoms with Gasteiger partial charge in [-0.05, 0) is 26.3 Å². The number of aliphatic hydroxyl groups excluding tert-OH is 1. The smallest absolute Gasteiger partial charge is 0.415 e. The average Bonchev–Trinajstić information content (AvgIpc) is 2.35. The summed E-state index contributed by atoms with van der Waals surface area (Å²) in [4.78, 5) is 13.3. The molecule has 1 unspecified atom stereocenters. The lowest BCUT2D eigenvalue weighted by molar-refractivity contribution is 0.121. The molecule has 7 heteroatoms. The van der Waals surface area contributed by atoms with Crippen LogP contribution in [0.25, 0.3) is 0 Å². The predicted octanol–water partition coefficient (Wildman–Crippen LogP) is 3.14. The Balaban J connectivity index is 2.42. The number of nitrogens with zero attached hydrogens (tertiary/aromatic N) is 1. The standard InChI is InChI=1S/C14H17ClFNO4/c1-3-20-12-9(8(2)18)7-10(15)11(16)13(12)21-14(19)17-5-4-6-17/h7-8,18H,3-6H2,1-2H3. The van der Waals surface area contributed by atoms with Crippen LogP contribution < -0.4 is 9.47 Å². The molecular weight excluding hydrogens is 301 g/mol. The zero-order chi connectivity index (χ0) is 15.6. The Morgan fingerprint density at radius 2 is 2.19 bits per heavy atom. The number of hydrogen-bond donors (Lipinski definition) is 1. The summed E-state index contributed by atoms with van der Waals surface area (Å²) in [6, 6.07) is 1.27. The monoisotopic (exact) mass is 317 g/mol. The molecule has 2 rings (SSSR count). The molecule has 5 nitrogen and oxygen atoms in total. The van der Waals surface area contributed by atoms with Crippen LogP contribution in [-0.4, -0.2) is 35.8 Å². The molecule has 0 bridgehead atoms. The molecule has 1 N–H and O–H groups in total. The number of ether oxygens (including phenoxy) is 2. The summed E-state index contributed by atoms with van der Waals surface area (Å²) in [5.41, 5.74) is 0.273. The molecule has 1 amide bonds. The topological polar surface area (TPSA) is 59.0 Å². The molecular formula is C14H17ClFNO4. The minimum atomic E-state index is -0.939. The Morgan fingerprint density at radius 3 is 2.67 bits per heavy atom. The molecule has 1 saturated heterocycles. The Bertz CT molecular complexity index is 546. The van der Waals surface area contributed by atoms with Gasteiger partial charge in [-0.1, -0.05) is 11.6 Å². The fourth-order valence-corrected chi connectivity index (χ4v) is 2.15. The summed E-state index contributed by atoms with van der Waals surface area (Å²) in [5, 5.41) is 9.52. The van der Waals surface area contributed by atoms with Crippen LogP contribution >= 0.6 is 11.6 Å². The van der Waals surface area contributed by atoms with Gasteiger partial charge in [0.1, 0.15) is 0 Å². The molecule has 116 valence electrons. The van der Waals surface area contributed by atoms with Crippen LogP contribution in [0, 0.1) is 5.82 Å². The van der Waals surface area contributed by atoms with E-state index >= 15 is 0 Å². The zero-order valence-corrected chi connectivity index (χ0v) is 12.6. The summed E-state index contributed by atoms with van der Waals surface area (Å²) < 4.78 is 24.6. The number of amides is 1. The van der Waals surface area contributed by atoms with Gasteiger partial charge in [0.25, 0.3) is 0 Å². The van der Waals surface area contributed by atoms with Crippen molar-refractivity contribution >= 4 is 17.7 Å². The zero-order valence-electron chi connectivity index (χ0n) is 11.9. The number of aliphatic hydroxyl groups is 1. The highest BCUT2D eigenvalue weighted by molar-refractivity contribution is 6.31. The van der Waals surface area contributed by atoms with Gasteiger partial charge in [0.15, 0.2) is 11.6 Å². The number of halogens is 2. The van der Waals surface area contributed by atoms with E-state index in [-0.39, 0.29) is 28.7 Å². The molecule has 21 heavy (non-hydrogen) atoms. The highest BCUT2D eigenvalue weighted by Crippen LogP contribution is 2.41. The Hall–Kier alpha value is -1.53. The highest BCUT2D eigenvalue weighted by atomic mass is 35.5. The molecule has 1 heterocycles. The van der Waals surface area contributed by atoms with Gasteiger partial charge in [-0.2, -0.15) is 0 Å². The maximum absolute atomic E-state index is 14.2. The van der Waals surface area contributed by atoms with Gasteiger partial charge in [0.05, 0.1) is 17.7 Å². The van der Waals surface area contributed by atoms with Gasteiger partial charge in [0.2, 0.25) is 5.75 Å². The molecule has 1 atom stereocenters. The Labute approximate surface area is 127 Å². The van der Waals surface area contributed by atoms with E-state index in [0.29, 0.717) is 13.1 Å². The fraction of sp³-hybridized carbons (Fsp3) is 0.500. The minimum Gasteiger partial charge on any atom is -0.489 e. The summed E-state index contributed by atoms with van der Waals surface area (Å²) in [7, 11) is 0. The van der Waals surface area contributed by atoms with Crippen LogP contribution in [0.5, 0.6) is 11.5 Å². The predicted molar refractivity (Wildman–Crippen MR) is 75.4 cm³/mol. The van der Waals surface area contributed by atoms with Gasteiger partial charge in [-0.25, -0.2) is 9.18 Å². The van der Waals surface area contributed by atoms with Gasteiger partial charge in [0, 0.05) is 18.7 Å². The van der Waals surface area contributed by atoms with Crippen molar-refractivity contribution in [2.24, 2.45) is 0 Å². The maximum atomic E-state index is 14.2. The van der Waals surface area contributed by atoms with E-state index in [2.05, 4.69) is 0 Å². The third kappa shape index (κ3) is 3.22. The SMILES string of the molecule is CCOc1c(C(C)O)cc(Cl)c(F)c1OC(=O)N1CCC1. The maximum Gasteiger partial charge on any atom is 0.415 e. The first-order valence-corrected chi connectivity index (χ1v) is 7.13. The first kappa shape index (κ1) is 15.9. The summed E-state index contributed by atoms with van der Waals surface area (Å²) in [6.07, 6.45) is -0.698. The van der Waals surface area contributed by atoms with Crippen LogP contribution in [0.4, 0.5) is 9.18 Å². The van der Waals surface area contributed by atoms with Crippen molar-refractivity contribution in [3.8, 4) is 11.5 Å². The van der Waals surface area contributed by atoms with Crippen LogP contribution in [-0.2, 0) is 0 Å². The molecule has 0 saturated carbocycles. The third-order valence-electron chi connectivity index (χ3n) is 3.20. The average molecular weight is 318 g/mol. The van der Waals surface area contributed by atoms with Crippen molar-refractivity contribution in [3.05, 3.63) is 22.5 Å². The van der Waals surface area contributed by atoms with Gasteiger partial charge >= 0.3 is 6.09 Å². The van der Waals surface area contributed by atoms with Crippen molar-refractivity contribution in [1.29, 1.82) is 0 Å². The molecule has 1 fully saturated rings. The molecule has 1 aromatic carbocycles. The number of hydrogen-bond acceptors (Lipinski definition) is 4. The van der Waals surface area contributed by atoms with E-state index in [0.717, 1.165) is 6.42 Å². The molecule has 1 aliphatic heterocycles. The highest BCUT2D eigenvalue weighted by Gasteiger charge is 2.28. The first-order chi connectivity index (χ1) is 9.95. The van der Waals surface area contributed by atoms with Crippen molar-refractivity contribution in [3.63, 3.8) is 0 Å². The molecule has 0 aliphatic carbocycles. The van der Waals surface area contributed by atoms with Crippen LogP contribution in [0.3, 0.4) is 0 Å². The molecule has 0 spiro atoms. The number of benzene rings is 1. The second-order valence-corrected chi connectivity index (χ2v) is 5.14. The molecule has 1 aliphatic rings. The summed E-state index contributed by atoms with van der Waals surface area (Å²) in [5.74, 6) is -1.25. The van der Waals surface area contributed by atoms with Crippen molar-refractivity contribution in [2.75, 3.05) is 19.7 Å². The Morgan fingerprint density at radius 1 is 1.52 bits per heavy atom. The third-order valence-corrected chi connectivity index (χ3v) is 3.48. The lowest BCUT2D eigenvalue weighted by Crippen LogP contribution is -2.43. The lowest BCUT2D eigenvalue weighted by atomic mass is 10.1. The number of rotatable bonds is 4. The largest absolute Gasteiger partial charge is 0.489 e. The normalized spacial score (nSPS) is 15.4. The molecule has 1 aromatic rings. The Kier molecular flexibility index (Phi) is 4.90. The molecule has 0 radical (unpaired) electrons. The van der Waals surface area contributed by atoms with E-state index in [4.69, 9.17) is 21.1 Å². The van der Waals surface area contributed by atoms with E-state index < -0.39 is 18.0 Å². The first-order valence-electron chi connectivity index (χ1n) is 6.75. The number of carbonyl (C=O) groups is 1. The molecule has 0 aromatic heterocycles. The fourth-order valence-electron chi connectivity index (χ4n) is 1.95. The van der Waals surface area contributed by atoms with Gasteiger partial charge < -0.3 is 19.5 Å². The van der Waals surface area contributed by atoms with E-state index in [1.807, 2.05) is 0 Å². The summed E-state index contributed by atoms with van der Waals surface area (Å²) >= 11 is 5.80. The number of likely N-dealkylation sites (tertiary alicyclic amines) is 1. The van der Waals surface area contributed by atoms with Crippen LogP contribution in [0.15, 0.2) is 6.07 Å². The second-order valence-electron chi connectivity index (χ2n) is 4.74. The van der Waals surface area contributed by atoms with Gasteiger partial charge in [-0.3, -0.25) is 0 Å². The van der Waals surface area contributed by atoms with E-state index in [1.165, 1.54) is 17.9 Å². The van der Waals surface area contributed by atoms with Crippen LogP contribution in [0.1, 0.15) is 31.9 Å². The van der Waals surface area contributed by atoms with Crippen molar-refractivity contribution in [1.82, 2.24) is 4.90 Å². The van der Waals surface area contributed by atoms with E-state index in [9.17, 15) is 14.3 Å². The second kappa shape index (κ2) is 6.49. The van der Waals surface area contributed by atoms with Crippen molar-refractivity contribution in [2.45, 2.75) is 26.4 Å². The van der Waals surface area contributed by atoms with Crippen molar-refractivity contribution < 1.29 is 23.8 Å². The van der Waals surface area contributed by atoms with Crippen LogP contribution in [0.2, 0.25) is 5.02 Å². The lowest BCUT2D eigenvalue weighted by Gasteiger charge is -2.30. The summed E-state index contributed by atoms with van der Waals surface area (Å²) in [6.45, 7) is 4.59. The van der Waals surface area contributed by atoms with E-state index in [1.54, 1.807) is 6.92 Å². The minimum absolute atomic E-state index is 0.00303. The van der Waals surface area contributed by atoms with Gasteiger partial charge in [-0.15, -0.1) is 0 Å². The quantitative estimate of drug-likeness (QED) is 0.927. The number of carbonyl (C=O) groups excluding carboxylic acids is 1.